The van der Waals surface area contributed by atoms with Crippen LogP contribution < -0.4 is 10.1 Å². The van der Waals surface area contributed by atoms with E-state index < -0.39 is 0 Å². The molecule has 1 amide bonds. The second-order valence-corrected chi connectivity index (χ2v) is 4.91. The van der Waals surface area contributed by atoms with Crippen LogP contribution >= 0.6 is 11.6 Å². The van der Waals surface area contributed by atoms with E-state index in [0.717, 1.165) is 0 Å². The molecule has 18 heavy (non-hydrogen) atoms. The van der Waals surface area contributed by atoms with Crippen molar-refractivity contribution in [3.63, 3.8) is 0 Å². The van der Waals surface area contributed by atoms with Crippen LogP contribution in [-0.4, -0.2) is 30.0 Å². The summed E-state index contributed by atoms with van der Waals surface area (Å²) in [5.41, 5.74) is 0.182. The normalized spacial score (nSPS) is 12.3. The number of aromatic hydroxyl groups is 1. The molecular formula is C13H18ClNO3. The Hall–Kier alpha value is -1.42. The van der Waals surface area contributed by atoms with Gasteiger partial charge < -0.3 is 15.2 Å². The molecule has 0 aliphatic carbocycles. The van der Waals surface area contributed by atoms with Crippen molar-refractivity contribution in [3.05, 3.63) is 23.8 Å². The number of phenolic OH excluding ortho intramolecular Hbond substituents is 1. The summed E-state index contributed by atoms with van der Waals surface area (Å²) in [6.45, 7) is 4.31. The number of halogens is 1. The molecule has 1 rings (SSSR count). The van der Waals surface area contributed by atoms with Crippen molar-refractivity contribution in [2.24, 2.45) is 5.92 Å². The molecule has 0 radical (unpaired) electrons. The summed E-state index contributed by atoms with van der Waals surface area (Å²) in [7, 11) is 1.50. The zero-order valence-electron chi connectivity index (χ0n) is 10.7. The maximum absolute atomic E-state index is 11.9. The molecule has 4 nitrogen and oxygen atoms in total. The van der Waals surface area contributed by atoms with Crippen LogP contribution in [0.15, 0.2) is 18.2 Å². The monoisotopic (exact) mass is 271 g/mol. The molecule has 100 valence electrons. The number of carbonyl (C=O) groups is 1. The van der Waals surface area contributed by atoms with Crippen molar-refractivity contribution in [3.8, 4) is 11.5 Å². The van der Waals surface area contributed by atoms with Gasteiger partial charge in [0.1, 0.15) is 11.5 Å². The van der Waals surface area contributed by atoms with E-state index in [4.69, 9.17) is 16.3 Å². The highest BCUT2D eigenvalue weighted by atomic mass is 35.5. The number of hydrogen-bond acceptors (Lipinski definition) is 3. The van der Waals surface area contributed by atoms with Gasteiger partial charge >= 0.3 is 0 Å². The Balaban J connectivity index is 2.72. The maximum Gasteiger partial charge on any atom is 0.255 e. The first kappa shape index (κ1) is 14.6. The summed E-state index contributed by atoms with van der Waals surface area (Å²) in [4.78, 5) is 11.9. The van der Waals surface area contributed by atoms with Gasteiger partial charge in [0.25, 0.3) is 5.91 Å². The van der Waals surface area contributed by atoms with Crippen LogP contribution in [0.5, 0.6) is 11.5 Å². The number of benzene rings is 1. The number of carbonyl (C=O) groups excluding carboxylic acids is 1. The van der Waals surface area contributed by atoms with Gasteiger partial charge in [-0.1, -0.05) is 13.8 Å². The number of rotatable bonds is 5. The molecule has 1 aromatic rings. The number of amides is 1. The smallest absolute Gasteiger partial charge is 0.255 e. The van der Waals surface area contributed by atoms with Gasteiger partial charge in [-0.05, 0) is 24.1 Å². The third-order valence-electron chi connectivity index (χ3n) is 2.63. The van der Waals surface area contributed by atoms with Gasteiger partial charge in [-0.15, -0.1) is 11.6 Å². The standard InChI is InChI=1S/C13H18ClNO3/c1-8(2)11(14)7-15-13(17)10-6-9(18-3)4-5-12(10)16/h4-6,8,11,16H,7H2,1-3H3,(H,15,17). The van der Waals surface area contributed by atoms with Crippen LogP contribution in [0.2, 0.25) is 0 Å². The van der Waals surface area contributed by atoms with Gasteiger partial charge in [0.15, 0.2) is 0 Å². The van der Waals surface area contributed by atoms with E-state index >= 15 is 0 Å². The molecule has 1 aromatic carbocycles. The highest BCUT2D eigenvalue weighted by Crippen LogP contribution is 2.22. The van der Waals surface area contributed by atoms with Crippen LogP contribution in [0.25, 0.3) is 0 Å². The van der Waals surface area contributed by atoms with Crippen LogP contribution in [0, 0.1) is 5.92 Å². The number of nitrogens with one attached hydrogen (secondary N) is 1. The first-order valence-corrected chi connectivity index (χ1v) is 6.18. The molecule has 0 fully saturated rings. The van der Waals surface area contributed by atoms with Gasteiger partial charge in [0, 0.05) is 6.54 Å². The summed E-state index contributed by atoms with van der Waals surface area (Å²) >= 11 is 6.04. The lowest BCUT2D eigenvalue weighted by Crippen LogP contribution is -2.32. The van der Waals surface area contributed by atoms with Crippen LogP contribution in [0.3, 0.4) is 0 Å². The first-order chi connectivity index (χ1) is 8.45. The summed E-state index contributed by atoms with van der Waals surface area (Å²) < 4.78 is 5.01. The van der Waals surface area contributed by atoms with Crippen molar-refractivity contribution in [1.29, 1.82) is 0 Å². The van der Waals surface area contributed by atoms with Gasteiger partial charge in [0.05, 0.1) is 18.1 Å². The van der Waals surface area contributed by atoms with Crippen molar-refractivity contribution in [2.75, 3.05) is 13.7 Å². The number of ether oxygens (including phenoxy) is 1. The molecular weight excluding hydrogens is 254 g/mol. The third-order valence-corrected chi connectivity index (χ3v) is 3.29. The topological polar surface area (TPSA) is 58.6 Å². The molecule has 0 aliphatic rings. The fraction of sp³-hybridized carbons (Fsp3) is 0.462. The lowest BCUT2D eigenvalue weighted by atomic mass is 10.1. The quantitative estimate of drug-likeness (QED) is 0.809. The molecule has 0 saturated heterocycles. The minimum atomic E-state index is -0.363. The highest BCUT2D eigenvalue weighted by Gasteiger charge is 2.15. The molecule has 0 saturated carbocycles. The Bertz CT molecular complexity index is 421. The van der Waals surface area contributed by atoms with Crippen LogP contribution in [-0.2, 0) is 0 Å². The summed E-state index contributed by atoms with van der Waals surface area (Å²) in [5.74, 6) is 0.344. The van der Waals surface area contributed by atoms with Crippen molar-refractivity contribution in [1.82, 2.24) is 5.32 Å². The van der Waals surface area contributed by atoms with Crippen molar-refractivity contribution < 1.29 is 14.6 Å². The second kappa shape index (κ2) is 6.50. The van der Waals surface area contributed by atoms with E-state index in [2.05, 4.69) is 5.32 Å². The van der Waals surface area contributed by atoms with E-state index in [1.165, 1.54) is 19.2 Å². The van der Waals surface area contributed by atoms with Crippen LogP contribution in [0.1, 0.15) is 24.2 Å². The molecule has 0 bridgehead atoms. The predicted molar refractivity (Wildman–Crippen MR) is 71.5 cm³/mol. The number of phenols is 1. The molecule has 1 atom stereocenters. The summed E-state index contributed by atoms with van der Waals surface area (Å²) in [6.07, 6.45) is 0. The van der Waals surface area contributed by atoms with Crippen molar-refractivity contribution >= 4 is 17.5 Å². The minimum absolute atomic E-state index is 0.0797. The third kappa shape index (κ3) is 3.81. The zero-order chi connectivity index (χ0) is 13.7. The van der Waals surface area contributed by atoms with Crippen LogP contribution in [0.4, 0.5) is 0 Å². The Morgan fingerprint density at radius 2 is 2.17 bits per heavy atom. The molecule has 0 heterocycles. The van der Waals surface area contributed by atoms with E-state index in [9.17, 15) is 9.90 Å². The average Bonchev–Trinajstić information content (AvgIpc) is 2.35. The molecule has 5 heteroatoms. The lowest BCUT2D eigenvalue weighted by molar-refractivity contribution is 0.0949. The predicted octanol–water partition coefficient (Wildman–Crippen LogP) is 2.39. The van der Waals surface area contributed by atoms with Gasteiger partial charge in [-0.3, -0.25) is 4.79 Å². The highest BCUT2D eigenvalue weighted by molar-refractivity contribution is 6.21. The SMILES string of the molecule is COc1ccc(O)c(C(=O)NCC(Cl)C(C)C)c1. The van der Waals surface area contributed by atoms with E-state index in [1.807, 2.05) is 13.8 Å². The maximum atomic E-state index is 11.9. The van der Waals surface area contributed by atoms with Gasteiger partial charge in [0.2, 0.25) is 0 Å². The Morgan fingerprint density at radius 3 is 2.72 bits per heavy atom. The fourth-order valence-corrected chi connectivity index (χ4v) is 1.42. The van der Waals surface area contributed by atoms with E-state index in [0.29, 0.717) is 12.3 Å². The Morgan fingerprint density at radius 1 is 1.50 bits per heavy atom. The summed E-state index contributed by atoms with van der Waals surface area (Å²) in [5, 5.41) is 12.2. The Kier molecular flexibility index (Phi) is 5.28. The molecule has 1 unspecified atom stereocenters. The number of hydrogen-bond donors (Lipinski definition) is 2. The largest absolute Gasteiger partial charge is 0.507 e. The summed E-state index contributed by atoms with van der Waals surface area (Å²) in [6, 6.07) is 4.50. The van der Waals surface area contributed by atoms with E-state index in [-0.39, 0.29) is 28.5 Å². The molecule has 0 spiro atoms. The van der Waals surface area contributed by atoms with E-state index in [1.54, 1.807) is 6.07 Å². The Labute approximate surface area is 112 Å². The fourth-order valence-electron chi connectivity index (χ4n) is 1.35. The molecule has 2 N–H and O–H groups in total. The number of methoxy groups -OCH3 is 1. The van der Waals surface area contributed by atoms with Gasteiger partial charge in [-0.25, -0.2) is 0 Å². The minimum Gasteiger partial charge on any atom is -0.507 e. The molecule has 0 aromatic heterocycles. The lowest BCUT2D eigenvalue weighted by Gasteiger charge is -2.14. The second-order valence-electron chi connectivity index (χ2n) is 4.35. The van der Waals surface area contributed by atoms with Crippen molar-refractivity contribution in [2.45, 2.75) is 19.2 Å². The number of alkyl halides is 1. The average molecular weight is 272 g/mol. The van der Waals surface area contributed by atoms with Gasteiger partial charge in [-0.2, -0.15) is 0 Å². The first-order valence-electron chi connectivity index (χ1n) is 5.75. The molecule has 0 aliphatic heterocycles. The zero-order valence-corrected chi connectivity index (χ0v) is 11.5.